The van der Waals surface area contributed by atoms with Crippen molar-refractivity contribution in [2.45, 2.75) is 11.3 Å². The summed E-state index contributed by atoms with van der Waals surface area (Å²) in [6, 6.07) is 6.14. The number of nitrogens with one attached hydrogen (secondary N) is 1. The van der Waals surface area contributed by atoms with Crippen LogP contribution in [-0.4, -0.2) is 55.5 Å². The van der Waals surface area contributed by atoms with E-state index in [2.05, 4.69) is 16.3 Å². The van der Waals surface area contributed by atoms with E-state index < -0.39 is 0 Å². The minimum Gasteiger partial charge on any atom is -0.389 e. The van der Waals surface area contributed by atoms with Crippen LogP contribution in [0.1, 0.15) is 12.0 Å². The van der Waals surface area contributed by atoms with Crippen LogP contribution in [0.25, 0.3) is 0 Å². The number of morpholine rings is 1. The molecule has 0 spiro atoms. The molecule has 0 amide bonds. The number of thioether (sulfide) groups is 1. The molecule has 1 saturated heterocycles. The zero-order chi connectivity index (χ0) is 15.1. The quantitative estimate of drug-likeness (QED) is 0.455. The first-order valence-corrected chi connectivity index (χ1v) is 8.86. The van der Waals surface area contributed by atoms with Crippen molar-refractivity contribution in [3.05, 3.63) is 23.8 Å². The zero-order valence-corrected chi connectivity index (χ0v) is 14.1. The molecule has 1 aromatic rings. The Morgan fingerprint density at radius 1 is 1.43 bits per heavy atom. The van der Waals surface area contributed by atoms with Crippen molar-refractivity contribution in [2.24, 2.45) is 5.73 Å². The van der Waals surface area contributed by atoms with Gasteiger partial charge in [-0.1, -0.05) is 18.3 Å². The van der Waals surface area contributed by atoms with E-state index in [4.69, 9.17) is 22.7 Å². The van der Waals surface area contributed by atoms with Gasteiger partial charge in [-0.2, -0.15) is 0 Å². The third kappa shape index (κ3) is 4.85. The molecule has 4 nitrogen and oxygen atoms in total. The topological polar surface area (TPSA) is 50.5 Å². The normalized spacial score (nSPS) is 15.9. The second kappa shape index (κ2) is 8.58. The van der Waals surface area contributed by atoms with E-state index >= 15 is 0 Å². The van der Waals surface area contributed by atoms with Gasteiger partial charge in [0.15, 0.2) is 0 Å². The van der Waals surface area contributed by atoms with Crippen LogP contribution in [-0.2, 0) is 4.74 Å². The van der Waals surface area contributed by atoms with Gasteiger partial charge >= 0.3 is 0 Å². The van der Waals surface area contributed by atoms with E-state index in [0.717, 1.165) is 62.0 Å². The Morgan fingerprint density at radius 2 is 2.19 bits per heavy atom. The molecule has 0 aromatic heterocycles. The van der Waals surface area contributed by atoms with Gasteiger partial charge in [-0.3, -0.25) is 4.90 Å². The summed E-state index contributed by atoms with van der Waals surface area (Å²) < 4.78 is 5.36. The lowest BCUT2D eigenvalue weighted by molar-refractivity contribution is 0.0378. The number of nitrogens with zero attached hydrogens (tertiary/aromatic N) is 1. The molecule has 1 aromatic carbocycles. The second-order valence-corrected chi connectivity index (χ2v) is 6.27. The number of hydrogen-bond acceptors (Lipinski definition) is 5. The highest BCUT2D eigenvalue weighted by Gasteiger charge is 2.11. The molecule has 2 rings (SSSR count). The standard InChI is InChI=1S/C15H23N3OS2/c1-21-13-5-2-4-12(14(13)15(16)20)17-6-3-7-18-8-10-19-11-9-18/h2,4-5,17H,3,6-11H2,1H3,(H2,16,20). The fourth-order valence-electron chi connectivity index (χ4n) is 2.45. The van der Waals surface area contributed by atoms with Gasteiger partial charge in [0.1, 0.15) is 4.99 Å². The lowest BCUT2D eigenvalue weighted by Gasteiger charge is -2.26. The number of benzene rings is 1. The summed E-state index contributed by atoms with van der Waals surface area (Å²) in [5, 5.41) is 3.47. The molecule has 0 unspecified atom stereocenters. The zero-order valence-electron chi connectivity index (χ0n) is 12.4. The lowest BCUT2D eigenvalue weighted by Crippen LogP contribution is -2.37. The minimum absolute atomic E-state index is 0.454. The number of ether oxygens (including phenoxy) is 1. The summed E-state index contributed by atoms with van der Waals surface area (Å²) in [7, 11) is 0. The van der Waals surface area contributed by atoms with Crippen LogP contribution in [0.15, 0.2) is 23.1 Å². The minimum atomic E-state index is 0.454. The van der Waals surface area contributed by atoms with Crippen molar-refractivity contribution in [2.75, 3.05) is 51.0 Å². The number of thiocarbonyl (C=S) groups is 1. The Labute approximate surface area is 136 Å². The Morgan fingerprint density at radius 3 is 2.86 bits per heavy atom. The van der Waals surface area contributed by atoms with Gasteiger partial charge < -0.3 is 15.8 Å². The lowest BCUT2D eigenvalue weighted by atomic mass is 10.1. The SMILES string of the molecule is CSc1cccc(NCCCN2CCOCC2)c1C(N)=S. The monoisotopic (exact) mass is 325 g/mol. The fraction of sp³-hybridized carbons (Fsp3) is 0.533. The van der Waals surface area contributed by atoms with Gasteiger partial charge in [-0.05, 0) is 31.4 Å². The van der Waals surface area contributed by atoms with E-state index in [1.807, 2.05) is 18.4 Å². The molecule has 1 heterocycles. The average molecular weight is 326 g/mol. The maximum Gasteiger partial charge on any atom is 0.107 e. The largest absolute Gasteiger partial charge is 0.389 e. The van der Waals surface area contributed by atoms with Crippen LogP contribution in [0.5, 0.6) is 0 Å². The van der Waals surface area contributed by atoms with Crippen LogP contribution in [0.3, 0.4) is 0 Å². The Bertz CT molecular complexity index is 476. The van der Waals surface area contributed by atoms with Gasteiger partial charge in [-0.25, -0.2) is 0 Å². The summed E-state index contributed by atoms with van der Waals surface area (Å²) in [5.41, 5.74) is 7.87. The number of anilines is 1. The molecule has 0 saturated carbocycles. The highest BCUT2D eigenvalue weighted by atomic mass is 32.2. The van der Waals surface area contributed by atoms with Crippen molar-refractivity contribution in [1.29, 1.82) is 0 Å². The van der Waals surface area contributed by atoms with Crippen LogP contribution < -0.4 is 11.1 Å². The van der Waals surface area contributed by atoms with Gasteiger partial charge in [0.2, 0.25) is 0 Å². The summed E-state index contributed by atoms with van der Waals surface area (Å²) in [6.45, 7) is 5.82. The highest BCUT2D eigenvalue weighted by Crippen LogP contribution is 2.27. The molecule has 116 valence electrons. The number of nitrogens with two attached hydrogens (primary N) is 1. The molecule has 0 radical (unpaired) electrons. The van der Waals surface area contributed by atoms with Crippen LogP contribution in [0.4, 0.5) is 5.69 Å². The predicted octanol–water partition coefficient (Wildman–Crippen LogP) is 2.18. The van der Waals surface area contributed by atoms with E-state index in [1.54, 1.807) is 11.8 Å². The maximum atomic E-state index is 5.87. The Kier molecular flexibility index (Phi) is 6.76. The van der Waals surface area contributed by atoms with Gasteiger partial charge in [-0.15, -0.1) is 11.8 Å². The molecule has 1 aliphatic heterocycles. The van der Waals surface area contributed by atoms with Crippen molar-refractivity contribution in [1.82, 2.24) is 4.90 Å². The third-order valence-electron chi connectivity index (χ3n) is 3.56. The summed E-state index contributed by atoms with van der Waals surface area (Å²) in [4.78, 5) is 4.02. The molecule has 0 bridgehead atoms. The van der Waals surface area contributed by atoms with Crippen molar-refractivity contribution >= 4 is 34.7 Å². The first-order valence-electron chi connectivity index (χ1n) is 7.23. The molecule has 0 aliphatic carbocycles. The molecule has 6 heteroatoms. The smallest absolute Gasteiger partial charge is 0.107 e. The van der Waals surface area contributed by atoms with Gasteiger partial charge in [0.25, 0.3) is 0 Å². The van der Waals surface area contributed by atoms with Crippen molar-refractivity contribution in [3.8, 4) is 0 Å². The predicted molar refractivity (Wildman–Crippen MR) is 94.5 cm³/mol. The fourth-order valence-corrected chi connectivity index (χ4v) is 3.38. The molecule has 1 fully saturated rings. The Hall–Kier alpha value is -0.820. The molecule has 1 aliphatic rings. The molecular formula is C15H23N3OS2. The van der Waals surface area contributed by atoms with Crippen LogP contribution in [0.2, 0.25) is 0 Å². The first-order chi connectivity index (χ1) is 10.2. The highest BCUT2D eigenvalue weighted by molar-refractivity contribution is 7.98. The van der Waals surface area contributed by atoms with E-state index in [0.29, 0.717) is 4.99 Å². The molecule has 21 heavy (non-hydrogen) atoms. The second-order valence-electron chi connectivity index (χ2n) is 4.98. The summed E-state index contributed by atoms with van der Waals surface area (Å²) >= 11 is 6.86. The molecule has 3 N–H and O–H groups in total. The number of hydrogen-bond donors (Lipinski definition) is 2. The Balaban J connectivity index is 1.86. The molecule has 0 atom stereocenters. The summed E-state index contributed by atoms with van der Waals surface area (Å²) in [6.07, 6.45) is 3.14. The summed E-state index contributed by atoms with van der Waals surface area (Å²) in [5.74, 6) is 0. The van der Waals surface area contributed by atoms with E-state index in [9.17, 15) is 0 Å². The van der Waals surface area contributed by atoms with Crippen molar-refractivity contribution < 1.29 is 4.74 Å². The van der Waals surface area contributed by atoms with Crippen molar-refractivity contribution in [3.63, 3.8) is 0 Å². The van der Waals surface area contributed by atoms with E-state index in [-0.39, 0.29) is 0 Å². The third-order valence-corrected chi connectivity index (χ3v) is 4.55. The van der Waals surface area contributed by atoms with Crippen LogP contribution >= 0.6 is 24.0 Å². The van der Waals surface area contributed by atoms with Gasteiger partial charge in [0, 0.05) is 35.8 Å². The average Bonchev–Trinajstić information content (AvgIpc) is 2.52. The van der Waals surface area contributed by atoms with E-state index in [1.165, 1.54) is 0 Å². The number of rotatable bonds is 7. The van der Waals surface area contributed by atoms with Gasteiger partial charge in [0.05, 0.1) is 13.2 Å². The van der Waals surface area contributed by atoms with Crippen LogP contribution in [0, 0.1) is 0 Å². The first kappa shape index (κ1) is 16.5. The molecular weight excluding hydrogens is 302 g/mol. The maximum absolute atomic E-state index is 5.87.